The van der Waals surface area contributed by atoms with E-state index in [-0.39, 0.29) is 17.8 Å². The standard InChI is InChI=1S/C19H20N4O5S/c1-3-26-16-7-5-4-6-14(16)21-18(25)10-28-17-9-27-13(8-15(17)24)11-29-19-22-20-12-23(19)2/h4-9,12H,3,10-11H2,1-2H3,(H,21,25). The number of nitrogens with zero attached hydrogens (tertiary/aromatic N) is 3. The number of thioether (sulfide) groups is 1. The Balaban J connectivity index is 1.54. The Hall–Kier alpha value is -3.27. The number of aromatic nitrogens is 3. The van der Waals surface area contributed by atoms with Crippen LogP contribution in [0.25, 0.3) is 0 Å². The van der Waals surface area contributed by atoms with Gasteiger partial charge in [0.15, 0.2) is 11.8 Å². The molecule has 1 amide bonds. The van der Waals surface area contributed by atoms with Gasteiger partial charge >= 0.3 is 0 Å². The molecule has 0 fully saturated rings. The van der Waals surface area contributed by atoms with Gasteiger partial charge in [0.25, 0.3) is 5.91 Å². The van der Waals surface area contributed by atoms with Gasteiger partial charge in [-0.1, -0.05) is 23.9 Å². The van der Waals surface area contributed by atoms with Gasteiger partial charge in [-0.25, -0.2) is 0 Å². The van der Waals surface area contributed by atoms with Crippen LogP contribution in [-0.4, -0.2) is 33.9 Å². The van der Waals surface area contributed by atoms with Crippen LogP contribution in [0.1, 0.15) is 12.7 Å². The highest BCUT2D eigenvalue weighted by Crippen LogP contribution is 2.23. The van der Waals surface area contributed by atoms with E-state index in [2.05, 4.69) is 15.5 Å². The van der Waals surface area contributed by atoms with Crippen LogP contribution in [0, 0.1) is 0 Å². The van der Waals surface area contributed by atoms with Crippen molar-refractivity contribution in [3.8, 4) is 11.5 Å². The number of benzene rings is 1. The van der Waals surface area contributed by atoms with Crippen molar-refractivity contribution in [3.05, 3.63) is 58.9 Å². The van der Waals surface area contributed by atoms with Gasteiger partial charge in [-0.2, -0.15) is 0 Å². The molecule has 0 aliphatic heterocycles. The quantitative estimate of drug-likeness (QED) is 0.530. The average Bonchev–Trinajstić information content (AvgIpc) is 3.12. The highest BCUT2D eigenvalue weighted by molar-refractivity contribution is 7.98. The first-order valence-electron chi connectivity index (χ1n) is 8.79. The molecule has 0 atom stereocenters. The summed E-state index contributed by atoms with van der Waals surface area (Å²) in [5.41, 5.74) is 0.165. The molecule has 0 aliphatic rings. The summed E-state index contributed by atoms with van der Waals surface area (Å²) >= 11 is 1.39. The van der Waals surface area contributed by atoms with E-state index < -0.39 is 5.91 Å². The molecule has 152 valence electrons. The third-order valence-electron chi connectivity index (χ3n) is 3.69. The second-order valence-electron chi connectivity index (χ2n) is 5.85. The van der Waals surface area contributed by atoms with Crippen molar-refractivity contribution in [3.63, 3.8) is 0 Å². The molecule has 1 aromatic carbocycles. The van der Waals surface area contributed by atoms with Crippen molar-refractivity contribution in [2.75, 3.05) is 18.5 Å². The van der Waals surface area contributed by atoms with Crippen LogP contribution in [0.2, 0.25) is 0 Å². The summed E-state index contributed by atoms with van der Waals surface area (Å²) in [6, 6.07) is 8.41. The second-order valence-corrected chi connectivity index (χ2v) is 6.80. The van der Waals surface area contributed by atoms with Gasteiger partial charge in [0.05, 0.1) is 18.0 Å². The number of anilines is 1. The van der Waals surface area contributed by atoms with Crippen molar-refractivity contribution in [1.29, 1.82) is 0 Å². The predicted octanol–water partition coefficient (Wildman–Crippen LogP) is 2.48. The van der Waals surface area contributed by atoms with Crippen LogP contribution in [0.5, 0.6) is 11.5 Å². The Bertz CT molecular complexity index is 1030. The fraction of sp³-hybridized carbons (Fsp3) is 0.263. The largest absolute Gasteiger partial charge is 0.492 e. The summed E-state index contributed by atoms with van der Waals surface area (Å²) in [5.74, 6) is 0.985. The first kappa shape index (κ1) is 20.5. The number of ether oxygens (including phenoxy) is 2. The number of carbonyl (C=O) groups excluding carboxylic acids is 1. The summed E-state index contributed by atoms with van der Waals surface area (Å²) in [6.07, 6.45) is 2.80. The number of rotatable bonds is 9. The number of hydrogen-bond donors (Lipinski definition) is 1. The maximum atomic E-state index is 12.2. The molecule has 0 unspecified atom stereocenters. The van der Waals surface area contributed by atoms with E-state index in [0.717, 1.165) is 0 Å². The number of para-hydroxylation sites is 2. The van der Waals surface area contributed by atoms with E-state index in [1.54, 1.807) is 29.1 Å². The number of hydrogen-bond acceptors (Lipinski definition) is 8. The molecule has 0 aliphatic carbocycles. The van der Waals surface area contributed by atoms with Crippen molar-refractivity contribution in [2.45, 2.75) is 17.8 Å². The van der Waals surface area contributed by atoms with E-state index in [1.807, 2.05) is 20.0 Å². The van der Waals surface area contributed by atoms with Crippen LogP contribution < -0.4 is 20.2 Å². The lowest BCUT2D eigenvalue weighted by atomic mass is 10.3. The number of carbonyl (C=O) groups is 1. The topological polar surface area (TPSA) is 108 Å². The predicted molar refractivity (Wildman–Crippen MR) is 107 cm³/mol. The van der Waals surface area contributed by atoms with Gasteiger partial charge in [0, 0.05) is 13.1 Å². The van der Waals surface area contributed by atoms with Crippen LogP contribution in [0.4, 0.5) is 5.69 Å². The minimum Gasteiger partial charge on any atom is -0.492 e. The Labute approximate surface area is 171 Å². The Morgan fingerprint density at radius 2 is 2.10 bits per heavy atom. The number of nitrogens with one attached hydrogen (secondary N) is 1. The van der Waals surface area contributed by atoms with Gasteiger partial charge in [-0.15, -0.1) is 10.2 Å². The van der Waals surface area contributed by atoms with Gasteiger partial charge in [-0.05, 0) is 19.1 Å². The molecule has 3 aromatic rings. The van der Waals surface area contributed by atoms with Crippen LogP contribution in [0.3, 0.4) is 0 Å². The monoisotopic (exact) mass is 416 g/mol. The van der Waals surface area contributed by atoms with Crippen molar-refractivity contribution < 1.29 is 18.7 Å². The third kappa shape index (κ3) is 5.61. The molecule has 2 aromatic heterocycles. The minimum atomic E-state index is -0.418. The summed E-state index contributed by atoms with van der Waals surface area (Å²) < 4.78 is 18.0. The maximum Gasteiger partial charge on any atom is 0.262 e. The molecule has 3 rings (SSSR count). The van der Waals surface area contributed by atoms with Crippen LogP contribution in [-0.2, 0) is 17.6 Å². The molecule has 2 heterocycles. The fourth-order valence-electron chi connectivity index (χ4n) is 2.34. The zero-order chi connectivity index (χ0) is 20.6. The molecule has 9 nitrogen and oxygen atoms in total. The maximum absolute atomic E-state index is 12.2. The van der Waals surface area contributed by atoms with E-state index in [0.29, 0.717) is 34.7 Å². The lowest BCUT2D eigenvalue weighted by Crippen LogP contribution is -2.22. The zero-order valence-electron chi connectivity index (χ0n) is 16.0. The van der Waals surface area contributed by atoms with Crippen molar-refractivity contribution in [2.24, 2.45) is 7.05 Å². The van der Waals surface area contributed by atoms with E-state index in [4.69, 9.17) is 13.9 Å². The molecular formula is C19H20N4O5S. The molecule has 1 N–H and O–H groups in total. The Morgan fingerprint density at radius 3 is 2.83 bits per heavy atom. The van der Waals surface area contributed by atoms with Gasteiger partial charge in [0.2, 0.25) is 11.2 Å². The number of aryl methyl sites for hydroxylation is 1. The summed E-state index contributed by atoms with van der Waals surface area (Å²) in [6.45, 7) is 2.00. The molecule has 0 radical (unpaired) electrons. The van der Waals surface area contributed by atoms with Crippen molar-refractivity contribution >= 4 is 23.4 Å². The van der Waals surface area contributed by atoms with Crippen LogP contribution >= 0.6 is 11.8 Å². The lowest BCUT2D eigenvalue weighted by Gasteiger charge is -2.11. The molecule has 29 heavy (non-hydrogen) atoms. The molecule has 10 heteroatoms. The van der Waals surface area contributed by atoms with Gasteiger partial charge < -0.3 is 23.8 Å². The highest BCUT2D eigenvalue weighted by Gasteiger charge is 2.11. The van der Waals surface area contributed by atoms with E-state index in [1.165, 1.54) is 24.1 Å². The average molecular weight is 416 g/mol. The lowest BCUT2D eigenvalue weighted by molar-refractivity contribution is -0.118. The summed E-state index contributed by atoms with van der Waals surface area (Å²) in [5, 5.41) is 11.1. The normalized spacial score (nSPS) is 10.6. The second kappa shape index (κ2) is 9.78. The van der Waals surface area contributed by atoms with Gasteiger partial charge in [0.1, 0.15) is 24.1 Å². The summed E-state index contributed by atoms with van der Waals surface area (Å²) in [7, 11) is 1.83. The first-order chi connectivity index (χ1) is 14.1. The molecule has 0 saturated carbocycles. The van der Waals surface area contributed by atoms with E-state index in [9.17, 15) is 9.59 Å². The minimum absolute atomic E-state index is 0.0364. The fourth-order valence-corrected chi connectivity index (χ4v) is 3.12. The molecular weight excluding hydrogens is 396 g/mol. The summed E-state index contributed by atoms with van der Waals surface area (Å²) in [4.78, 5) is 24.3. The van der Waals surface area contributed by atoms with Crippen molar-refractivity contribution in [1.82, 2.24) is 14.8 Å². The Kier molecular flexibility index (Phi) is 6.90. The molecule has 0 spiro atoms. The SMILES string of the molecule is CCOc1ccccc1NC(=O)COc1coc(CSc2nncn2C)cc1=O. The third-order valence-corrected chi connectivity index (χ3v) is 4.74. The molecule has 0 bridgehead atoms. The van der Waals surface area contributed by atoms with E-state index >= 15 is 0 Å². The zero-order valence-corrected chi connectivity index (χ0v) is 16.8. The van der Waals surface area contributed by atoms with Gasteiger partial charge in [-0.3, -0.25) is 9.59 Å². The smallest absolute Gasteiger partial charge is 0.262 e. The highest BCUT2D eigenvalue weighted by atomic mass is 32.2. The number of amides is 1. The Morgan fingerprint density at radius 1 is 1.28 bits per heavy atom. The van der Waals surface area contributed by atoms with Crippen LogP contribution in [0.15, 0.2) is 57.3 Å². The molecule has 0 saturated heterocycles. The first-order valence-corrected chi connectivity index (χ1v) is 9.78.